The van der Waals surface area contributed by atoms with E-state index in [9.17, 15) is 0 Å². The van der Waals surface area contributed by atoms with Crippen molar-refractivity contribution in [2.75, 3.05) is 6.54 Å². The van der Waals surface area contributed by atoms with Gasteiger partial charge < -0.3 is 5.32 Å². The monoisotopic (exact) mass is 207 g/mol. The third kappa shape index (κ3) is 1.71. The summed E-state index contributed by atoms with van der Waals surface area (Å²) in [6, 6.07) is 6.87. The van der Waals surface area contributed by atoms with Crippen LogP contribution in [0.1, 0.15) is 30.5 Å². The topological polar surface area (TPSA) is 12.0 Å². The Bertz CT molecular complexity index is 344. The zero-order valence-corrected chi connectivity index (χ0v) is 10.1. The first-order valence-electron chi connectivity index (χ1n) is 5.21. The maximum Gasteiger partial charge on any atom is 0.0380 e. The number of hydrogen-bond acceptors (Lipinski definition) is 1. The van der Waals surface area contributed by atoms with Gasteiger partial charge in [0, 0.05) is 5.54 Å². The minimum Gasteiger partial charge on any atom is -0.307 e. The van der Waals surface area contributed by atoms with Crippen molar-refractivity contribution >= 4 is 9.24 Å². The molecule has 0 amide bonds. The molecule has 76 valence electrons. The highest BCUT2D eigenvalue weighted by Crippen LogP contribution is 2.28. The van der Waals surface area contributed by atoms with E-state index in [4.69, 9.17) is 0 Å². The van der Waals surface area contributed by atoms with Crippen molar-refractivity contribution in [3.05, 3.63) is 34.9 Å². The van der Waals surface area contributed by atoms with Crippen LogP contribution in [-0.2, 0) is 18.1 Å². The van der Waals surface area contributed by atoms with Gasteiger partial charge in [0.15, 0.2) is 0 Å². The van der Waals surface area contributed by atoms with Gasteiger partial charge in [-0.05, 0) is 49.7 Å². The SMILES string of the molecule is CC1(C)NCCc2cc(CP)ccc21. The van der Waals surface area contributed by atoms with Crippen LogP contribution in [0, 0.1) is 0 Å². The summed E-state index contributed by atoms with van der Waals surface area (Å²) >= 11 is 0. The van der Waals surface area contributed by atoms with E-state index in [-0.39, 0.29) is 5.54 Å². The molecule has 1 aliphatic rings. The molecule has 0 aromatic heterocycles. The molecule has 1 atom stereocenters. The smallest absolute Gasteiger partial charge is 0.0380 e. The Morgan fingerprint density at radius 1 is 1.43 bits per heavy atom. The van der Waals surface area contributed by atoms with Crippen molar-refractivity contribution in [2.45, 2.75) is 32.0 Å². The number of nitrogens with one attached hydrogen (secondary N) is 1. The normalized spacial score (nSPS) is 19.1. The zero-order valence-electron chi connectivity index (χ0n) is 8.93. The largest absolute Gasteiger partial charge is 0.307 e. The predicted molar refractivity (Wildman–Crippen MR) is 64.6 cm³/mol. The Labute approximate surface area is 88.5 Å². The van der Waals surface area contributed by atoms with Gasteiger partial charge >= 0.3 is 0 Å². The van der Waals surface area contributed by atoms with Crippen molar-refractivity contribution in [2.24, 2.45) is 0 Å². The molecule has 1 unspecified atom stereocenters. The van der Waals surface area contributed by atoms with Gasteiger partial charge in [0.05, 0.1) is 0 Å². The van der Waals surface area contributed by atoms with Crippen LogP contribution in [0.15, 0.2) is 18.2 Å². The molecule has 1 aromatic rings. The lowest BCUT2D eigenvalue weighted by Crippen LogP contribution is -2.42. The average molecular weight is 207 g/mol. The van der Waals surface area contributed by atoms with E-state index in [1.165, 1.54) is 16.7 Å². The zero-order chi connectivity index (χ0) is 10.2. The molecule has 14 heavy (non-hydrogen) atoms. The summed E-state index contributed by atoms with van der Waals surface area (Å²) in [5, 5.41) is 3.55. The van der Waals surface area contributed by atoms with Crippen molar-refractivity contribution in [3.63, 3.8) is 0 Å². The molecule has 1 heterocycles. The third-order valence-electron chi connectivity index (χ3n) is 3.04. The first-order chi connectivity index (χ1) is 6.63. The van der Waals surface area contributed by atoms with E-state index >= 15 is 0 Å². The highest BCUT2D eigenvalue weighted by Gasteiger charge is 2.26. The molecule has 1 N–H and O–H groups in total. The molecule has 2 rings (SSSR count). The Morgan fingerprint density at radius 3 is 2.93 bits per heavy atom. The van der Waals surface area contributed by atoms with Gasteiger partial charge in [0.1, 0.15) is 0 Å². The maximum atomic E-state index is 3.55. The summed E-state index contributed by atoms with van der Waals surface area (Å²) in [6.45, 7) is 5.61. The molecular formula is C12H18NP. The first kappa shape index (κ1) is 10.1. The molecule has 0 bridgehead atoms. The molecule has 0 spiro atoms. The molecule has 0 saturated heterocycles. The summed E-state index contributed by atoms with van der Waals surface area (Å²) in [5.74, 6) is 0. The molecule has 2 heteroatoms. The Morgan fingerprint density at radius 2 is 2.21 bits per heavy atom. The van der Waals surface area contributed by atoms with Crippen LogP contribution in [0.4, 0.5) is 0 Å². The van der Waals surface area contributed by atoms with E-state index in [1.54, 1.807) is 0 Å². The summed E-state index contributed by atoms with van der Waals surface area (Å²) in [4.78, 5) is 0. The van der Waals surface area contributed by atoms with E-state index < -0.39 is 0 Å². The van der Waals surface area contributed by atoms with Gasteiger partial charge in [-0.3, -0.25) is 0 Å². The second kappa shape index (κ2) is 3.64. The fraction of sp³-hybridized carbons (Fsp3) is 0.500. The summed E-state index contributed by atoms with van der Waals surface area (Å²) in [7, 11) is 2.79. The molecule has 0 aliphatic carbocycles. The lowest BCUT2D eigenvalue weighted by atomic mass is 9.84. The lowest BCUT2D eigenvalue weighted by molar-refractivity contribution is 0.382. The quantitative estimate of drug-likeness (QED) is 0.697. The second-order valence-electron chi connectivity index (χ2n) is 4.50. The van der Waals surface area contributed by atoms with E-state index in [2.05, 4.69) is 46.6 Å². The van der Waals surface area contributed by atoms with E-state index in [0.717, 1.165) is 19.1 Å². The van der Waals surface area contributed by atoms with Crippen LogP contribution in [-0.4, -0.2) is 6.54 Å². The summed E-state index contributed by atoms with van der Waals surface area (Å²) in [5.41, 5.74) is 4.55. The molecule has 1 nitrogen and oxygen atoms in total. The fourth-order valence-electron chi connectivity index (χ4n) is 2.20. The number of fused-ring (bicyclic) bond motifs is 1. The van der Waals surface area contributed by atoms with Gasteiger partial charge in [-0.2, -0.15) is 0 Å². The summed E-state index contributed by atoms with van der Waals surface area (Å²) < 4.78 is 0. The standard InChI is InChI=1S/C12H18NP/c1-12(2)11-4-3-9(8-14)7-10(11)5-6-13-12/h3-4,7,13H,5-6,8,14H2,1-2H3. The maximum absolute atomic E-state index is 3.55. The van der Waals surface area contributed by atoms with E-state index in [0.29, 0.717) is 0 Å². The van der Waals surface area contributed by atoms with Crippen molar-refractivity contribution < 1.29 is 0 Å². The number of hydrogen-bond donors (Lipinski definition) is 1. The molecule has 0 radical (unpaired) electrons. The molecular weight excluding hydrogens is 189 g/mol. The van der Waals surface area contributed by atoms with Crippen LogP contribution >= 0.6 is 9.24 Å². The first-order valence-corrected chi connectivity index (χ1v) is 6.02. The van der Waals surface area contributed by atoms with Crippen LogP contribution in [0.5, 0.6) is 0 Å². The predicted octanol–water partition coefficient (Wildman–Crippen LogP) is 2.44. The summed E-state index contributed by atoms with van der Waals surface area (Å²) in [6.07, 6.45) is 2.22. The highest BCUT2D eigenvalue weighted by molar-refractivity contribution is 7.15. The second-order valence-corrected chi connectivity index (χ2v) is 4.91. The van der Waals surface area contributed by atoms with Crippen molar-refractivity contribution in [1.29, 1.82) is 0 Å². The van der Waals surface area contributed by atoms with Crippen LogP contribution in [0.2, 0.25) is 0 Å². The molecule has 1 aromatic carbocycles. The minimum absolute atomic E-state index is 0.146. The van der Waals surface area contributed by atoms with Gasteiger partial charge in [-0.15, -0.1) is 9.24 Å². The Kier molecular flexibility index (Phi) is 2.64. The highest BCUT2D eigenvalue weighted by atomic mass is 31.0. The molecule has 1 aliphatic heterocycles. The van der Waals surface area contributed by atoms with Crippen molar-refractivity contribution in [1.82, 2.24) is 5.32 Å². The van der Waals surface area contributed by atoms with Crippen molar-refractivity contribution in [3.8, 4) is 0 Å². The van der Waals surface area contributed by atoms with Gasteiger partial charge in [0.25, 0.3) is 0 Å². The lowest BCUT2D eigenvalue weighted by Gasteiger charge is -2.34. The molecule has 0 saturated carbocycles. The minimum atomic E-state index is 0.146. The Hall–Kier alpha value is -0.390. The van der Waals surface area contributed by atoms with Crippen LogP contribution < -0.4 is 5.32 Å². The fourth-order valence-corrected chi connectivity index (χ4v) is 2.45. The number of rotatable bonds is 1. The van der Waals surface area contributed by atoms with Gasteiger partial charge in [-0.25, -0.2) is 0 Å². The third-order valence-corrected chi connectivity index (χ3v) is 3.51. The van der Waals surface area contributed by atoms with Crippen LogP contribution in [0.3, 0.4) is 0 Å². The molecule has 0 fully saturated rings. The van der Waals surface area contributed by atoms with E-state index in [1.807, 2.05) is 0 Å². The van der Waals surface area contributed by atoms with Gasteiger partial charge in [-0.1, -0.05) is 18.2 Å². The van der Waals surface area contributed by atoms with Crippen LogP contribution in [0.25, 0.3) is 0 Å². The Balaban J connectivity index is 2.46. The van der Waals surface area contributed by atoms with Gasteiger partial charge in [0.2, 0.25) is 0 Å². The number of benzene rings is 1. The average Bonchev–Trinajstić information content (AvgIpc) is 2.16.